The van der Waals surface area contributed by atoms with Gasteiger partial charge in [-0.2, -0.15) is 0 Å². The molecule has 2 nitrogen and oxygen atoms in total. The molecule has 1 aliphatic rings. The number of ether oxygens (including phenoxy) is 1. The van der Waals surface area contributed by atoms with Gasteiger partial charge in [0.15, 0.2) is 0 Å². The molecule has 0 radical (unpaired) electrons. The first-order valence-corrected chi connectivity index (χ1v) is 6.38. The lowest BCUT2D eigenvalue weighted by Gasteiger charge is -2.32. The Morgan fingerprint density at radius 2 is 1.72 bits per heavy atom. The van der Waals surface area contributed by atoms with Crippen molar-refractivity contribution < 1.29 is 4.74 Å². The standard InChI is InChI=1S/C16H17NO/c1-12-11-18-15-10-6-5-9-14(15)16(12)17-13-7-3-2-4-8-13/h2-10,12,16-17H,11H2,1H3. The number of para-hydroxylation sites is 2. The van der Waals surface area contributed by atoms with Crippen LogP contribution in [0.5, 0.6) is 5.75 Å². The van der Waals surface area contributed by atoms with Crippen molar-refractivity contribution >= 4 is 5.69 Å². The molecule has 2 unspecified atom stereocenters. The molecule has 2 aromatic rings. The van der Waals surface area contributed by atoms with Crippen molar-refractivity contribution in [2.75, 3.05) is 11.9 Å². The van der Waals surface area contributed by atoms with E-state index in [0.717, 1.165) is 18.0 Å². The monoisotopic (exact) mass is 239 g/mol. The van der Waals surface area contributed by atoms with Gasteiger partial charge in [0.1, 0.15) is 5.75 Å². The summed E-state index contributed by atoms with van der Waals surface area (Å²) in [5.74, 6) is 1.46. The van der Waals surface area contributed by atoms with Crippen molar-refractivity contribution in [3.05, 3.63) is 60.2 Å². The van der Waals surface area contributed by atoms with E-state index in [1.54, 1.807) is 0 Å². The van der Waals surface area contributed by atoms with Gasteiger partial charge in [-0.05, 0) is 18.2 Å². The molecular formula is C16H17NO. The predicted molar refractivity (Wildman–Crippen MR) is 73.9 cm³/mol. The number of nitrogens with one attached hydrogen (secondary N) is 1. The van der Waals surface area contributed by atoms with Gasteiger partial charge >= 0.3 is 0 Å². The van der Waals surface area contributed by atoms with E-state index < -0.39 is 0 Å². The first kappa shape index (κ1) is 11.1. The van der Waals surface area contributed by atoms with Crippen LogP contribution in [0, 0.1) is 5.92 Å². The number of rotatable bonds is 2. The van der Waals surface area contributed by atoms with E-state index in [9.17, 15) is 0 Å². The lowest BCUT2D eigenvalue weighted by molar-refractivity contribution is 0.214. The molecule has 92 valence electrons. The maximum absolute atomic E-state index is 5.76. The minimum absolute atomic E-state index is 0.317. The average molecular weight is 239 g/mol. The van der Waals surface area contributed by atoms with Crippen molar-refractivity contribution in [1.82, 2.24) is 0 Å². The number of hydrogen-bond donors (Lipinski definition) is 1. The molecule has 0 saturated carbocycles. The van der Waals surface area contributed by atoms with E-state index in [-0.39, 0.29) is 0 Å². The van der Waals surface area contributed by atoms with Gasteiger partial charge in [0, 0.05) is 17.2 Å². The smallest absolute Gasteiger partial charge is 0.124 e. The molecule has 2 atom stereocenters. The quantitative estimate of drug-likeness (QED) is 0.859. The Hall–Kier alpha value is -1.96. The van der Waals surface area contributed by atoms with E-state index in [1.807, 2.05) is 18.2 Å². The third kappa shape index (κ3) is 2.06. The summed E-state index contributed by atoms with van der Waals surface area (Å²) in [7, 11) is 0. The molecule has 0 aliphatic carbocycles. The Kier molecular flexibility index (Phi) is 2.93. The largest absolute Gasteiger partial charge is 0.493 e. The van der Waals surface area contributed by atoms with E-state index >= 15 is 0 Å². The van der Waals surface area contributed by atoms with Gasteiger partial charge in [-0.15, -0.1) is 0 Å². The molecule has 0 saturated heterocycles. The normalized spacial score (nSPS) is 21.8. The molecule has 1 N–H and O–H groups in total. The molecule has 0 spiro atoms. The molecule has 1 heterocycles. The molecule has 0 aromatic heterocycles. The van der Waals surface area contributed by atoms with Crippen LogP contribution in [0.1, 0.15) is 18.5 Å². The highest BCUT2D eigenvalue weighted by atomic mass is 16.5. The number of anilines is 1. The minimum Gasteiger partial charge on any atom is -0.493 e. The van der Waals surface area contributed by atoms with Gasteiger partial charge in [0.2, 0.25) is 0 Å². The molecule has 1 aliphatic heterocycles. The first-order valence-electron chi connectivity index (χ1n) is 6.38. The third-order valence-corrected chi connectivity index (χ3v) is 3.42. The summed E-state index contributed by atoms with van der Waals surface area (Å²) in [5.41, 5.74) is 2.41. The fourth-order valence-corrected chi connectivity index (χ4v) is 2.43. The summed E-state index contributed by atoms with van der Waals surface area (Å²) in [6, 6.07) is 18.9. The summed E-state index contributed by atoms with van der Waals surface area (Å²) in [5, 5.41) is 3.61. The van der Waals surface area contributed by atoms with Crippen LogP contribution in [-0.4, -0.2) is 6.61 Å². The molecule has 2 aromatic carbocycles. The second kappa shape index (κ2) is 4.73. The highest BCUT2D eigenvalue weighted by Gasteiger charge is 2.27. The highest BCUT2D eigenvalue weighted by Crippen LogP contribution is 2.37. The first-order chi connectivity index (χ1) is 8.84. The van der Waals surface area contributed by atoms with Crippen molar-refractivity contribution in [1.29, 1.82) is 0 Å². The van der Waals surface area contributed by atoms with Crippen LogP contribution < -0.4 is 10.1 Å². The molecule has 0 fully saturated rings. The van der Waals surface area contributed by atoms with Crippen LogP contribution in [0.15, 0.2) is 54.6 Å². The number of benzene rings is 2. The van der Waals surface area contributed by atoms with E-state index in [0.29, 0.717) is 12.0 Å². The Labute approximate surface area is 108 Å². The Balaban J connectivity index is 1.91. The number of fused-ring (bicyclic) bond motifs is 1. The van der Waals surface area contributed by atoms with Crippen molar-refractivity contribution in [2.45, 2.75) is 13.0 Å². The van der Waals surface area contributed by atoms with Crippen LogP contribution in [0.4, 0.5) is 5.69 Å². The van der Waals surface area contributed by atoms with Crippen LogP contribution in [0.3, 0.4) is 0 Å². The maximum atomic E-state index is 5.76. The fraction of sp³-hybridized carbons (Fsp3) is 0.250. The van der Waals surface area contributed by atoms with E-state index in [4.69, 9.17) is 4.74 Å². The van der Waals surface area contributed by atoms with Gasteiger partial charge < -0.3 is 10.1 Å². The van der Waals surface area contributed by atoms with Crippen molar-refractivity contribution in [3.8, 4) is 5.75 Å². The molecular weight excluding hydrogens is 222 g/mol. The third-order valence-electron chi connectivity index (χ3n) is 3.42. The Morgan fingerprint density at radius 3 is 2.56 bits per heavy atom. The van der Waals surface area contributed by atoms with Gasteiger partial charge in [-0.25, -0.2) is 0 Å². The van der Waals surface area contributed by atoms with E-state index in [2.05, 4.69) is 48.6 Å². The number of hydrogen-bond acceptors (Lipinski definition) is 2. The summed E-state index contributed by atoms with van der Waals surface area (Å²) < 4.78 is 5.76. The maximum Gasteiger partial charge on any atom is 0.124 e. The summed E-state index contributed by atoms with van der Waals surface area (Å²) >= 11 is 0. The zero-order chi connectivity index (χ0) is 12.4. The van der Waals surface area contributed by atoms with Crippen LogP contribution >= 0.6 is 0 Å². The zero-order valence-electron chi connectivity index (χ0n) is 10.5. The Morgan fingerprint density at radius 1 is 1.00 bits per heavy atom. The van der Waals surface area contributed by atoms with Gasteiger partial charge in [-0.3, -0.25) is 0 Å². The second-order valence-corrected chi connectivity index (χ2v) is 4.81. The van der Waals surface area contributed by atoms with Crippen LogP contribution in [0.2, 0.25) is 0 Å². The molecule has 18 heavy (non-hydrogen) atoms. The van der Waals surface area contributed by atoms with Crippen molar-refractivity contribution in [3.63, 3.8) is 0 Å². The van der Waals surface area contributed by atoms with Gasteiger partial charge in [-0.1, -0.05) is 43.3 Å². The summed E-state index contributed by atoms with van der Waals surface area (Å²) in [6.45, 7) is 2.98. The van der Waals surface area contributed by atoms with Gasteiger partial charge in [0.25, 0.3) is 0 Å². The lowest BCUT2D eigenvalue weighted by atomic mass is 9.92. The summed E-state index contributed by atoms with van der Waals surface area (Å²) in [6.07, 6.45) is 0. The van der Waals surface area contributed by atoms with E-state index in [1.165, 1.54) is 5.56 Å². The van der Waals surface area contributed by atoms with Gasteiger partial charge in [0.05, 0.1) is 12.6 Å². The zero-order valence-corrected chi connectivity index (χ0v) is 10.5. The molecule has 0 amide bonds. The van der Waals surface area contributed by atoms with Crippen LogP contribution in [-0.2, 0) is 0 Å². The average Bonchev–Trinajstić information content (AvgIpc) is 2.43. The second-order valence-electron chi connectivity index (χ2n) is 4.81. The lowest BCUT2D eigenvalue weighted by Crippen LogP contribution is -2.28. The summed E-state index contributed by atoms with van der Waals surface area (Å²) in [4.78, 5) is 0. The van der Waals surface area contributed by atoms with Crippen molar-refractivity contribution in [2.24, 2.45) is 5.92 Å². The van der Waals surface area contributed by atoms with Crippen LogP contribution in [0.25, 0.3) is 0 Å². The SMILES string of the molecule is CC1COc2ccccc2C1Nc1ccccc1. The topological polar surface area (TPSA) is 21.3 Å². The predicted octanol–water partition coefficient (Wildman–Crippen LogP) is 3.87. The molecule has 3 rings (SSSR count). The molecule has 0 bridgehead atoms. The fourth-order valence-electron chi connectivity index (χ4n) is 2.43. The Bertz CT molecular complexity index is 524. The molecule has 2 heteroatoms. The minimum atomic E-state index is 0.317. The highest BCUT2D eigenvalue weighted by molar-refractivity contribution is 5.48.